The normalized spacial score (nSPS) is 12.4. The highest BCUT2D eigenvalue weighted by atomic mass is 16.7. The molecule has 176 valence electrons. The molecule has 11 nitrogen and oxygen atoms in total. The molecule has 0 radical (unpaired) electrons. The van der Waals surface area contributed by atoms with Gasteiger partial charge in [0, 0.05) is 11.6 Å². The van der Waals surface area contributed by atoms with Gasteiger partial charge in [-0.1, -0.05) is 24.3 Å². The van der Waals surface area contributed by atoms with Crippen molar-refractivity contribution in [2.24, 2.45) is 5.10 Å². The van der Waals surface area contributed by atoms with Crippen LogP contribution in [0, 0.1) is 10.1 Å². The summed E-state index contributed by atoms with van der Waals surface area (Å²) < 4.78 is 10.6. The second-order valence-corrected chi connectivity index (χ2v) is 7.19. The minimum Gasteiger partial charge on any atom is -0.508 e. The maximum Gasteiger partial charge on any atom is 0.287 e. The van der Waals surface area contributed by atoms with Gasteiger partial charge in [0.05, 0.1) is 16.7 Å². The van der Waals surface area contributed by atoms with Gasteiger partial charge < -0.3 is 19.9 Å². The molecule has 0 bridgehead atoms. The lowest BCUT2D eigenvalue weighted by atomic mass is 10.1. The molecule has 3 aromatic carbocycles. The van der Waals surface area contributed by atoms with Crippen molar-refractivity contribution in [3.8, 4) is 17.2 Å². The van der Waals surface area contributed by atoms with Gasteiger partial charge in [-0.05, 0) is 48.0 Å². The maximum absolute atomic E-state index is 12.9. The van der Waals surface area contributed by atoms with E-state index in [0.29, 0.717) is 22.6 Å². The maximum atomic E-state index is 12.9. The predicted octanol–water partition coefficient (Wildman–Crippen LogP) is 2.95. The van der Waals surface area contributed by atoms with Crippen molar-refractivity contribution in [2.45, 2.75) is 0 Å². The topological polar surface area (TPSA) is 152 Å². The number of carbonyl (C=O) groups excluding carboxylic acids is 2. The van der Waals surface area contributed by atoms with Gasteiger partial charge in [0.2, 0.25) is 6.79 Å². The molecule has 3 N–H and O–H groups in total. The number of carbonyl (C=O) groups is 2. The molecule has 0 aromatic heterocycles. The van der Waals surface area contributed by atoms with Crippen molar-refractivity contribution in [2.75, 3.05) is 6.79 Å². The summed E-state index contributed by atoms with van der Waals surface area (Å²) in [5.41, 5.74) is 2.63. The molecule has 0 saturated carbocycles. The number of ether oxygens (including phenoxy) is 2. The van der Waals surface area contributed by atoms with E-state index in [1.54, 1.807) is 48.5 Å². The number of hydrogen-bond acceptors (Lipinski definition) is 8. The van der Waals surface area contributed by atoms with Crippen LogP contribution in [-0.4, -0.2) is 34.9 Å². The van der Waals surface area contributed by atoms with Crippen LogP contribution in [-0.2, 0) is 4.79 Å². The monoisotopic (exact) mass is 474 g/mol. The molecule has 4 rings (SSSR count). The van der Waals surface area contributed by atoms with E-state index in [0.717, 1.165) is 18.3 Å². The van der Waals surface area contributed by atoms with E-state index in [-0.39, 0.29) is 29.5 Å². The van der Waals surface area contributed by atoms with Gasteiger partial charge in [0.15, 0.2) is 11.5 Å². The molecule has 0 saturated heterocycles. The third-order valence-corrected chi connectivity index (χ3v) is 4.81. The molecule has 0 aliphatic carbocycles. The fourth-order valence-corrected chi connectivity index (χ4v) is 3.14. The van der Waals surface area contributed by atoms with Crippen LogP contribution >= 0.6 is 0 Å². The summed E-state index contributed by atoms with van der Waals surface area (Å²) >= 11 is 0. The fraction of sp³-hybridized carbons (Fsp3) is 0.0417. The number of aromatic hydroxyl groups is 1. The number of nitrogens with one attached hydrogen (secondary N) is 2. The fourth-order valence-electron chi connectivity index (χ4n) is 3.14. The second-order valence-electron chi connectivity index (χ2n) is 7.19. The summed E-state index contributed by atoms with van der Waals surface area (Å²) in [5, 5.41) is 27.1. The molecular formula is C24H18N4O7. The average Bonchev–Trinajstić information content (AvgIpc) is 3.32. The van der Waals surface area contributed by atoms with Gasteiger partial charge in [-0.3, -0.25) is 19.7 Å². The number of hydrogen-bond donors (Lipinski definition) is 3. The molecule has 0 atom stereocenters. The Kier molecular flexibility index (Phi) is 6.68. The Labute approximate surface area is 198 Å². The number of hydrazone groups is 1. The van der Waals surface area contributed by atoms with Crippen LogP contribution in [0.2, 0.25) is 0 Å². The lowest BCUT2D eigenvalue weighted by molar-refractivity contribution is -0.385. The molecule has 3 aromatic rings. The smallest absolute Gasteiger partial charge is 0.287 e. The first-order valence-electron chi connectivity index (χ1n) is 10.2. The summed E-state index contributed by atoms with van der Waals surface area (Å²) in [6.45, 7) is 0.0798. The van der Waals surface area contributed by atoms with Crippen LogP contribution in [0.3, 0.4) is 0 Å². The third-order valence-electron chi connectivity index (χ3n) is 4.81. The number of phenolic OH excluding ortho intramolecular Hbond substituents is 1. The number of fused-ring (bicyclic) bond motifs is 1. The van der Waals surface area contributed by atoms with Crippen LogP contribution in [0.4, 0.5) is 5.69 Å². The number of amides is 2. The first-order chi connectivity index (χ1) is 16.9. The molecule has 0 spiro atoms. The average molecular weight is 474 g/mol. The zero-order chi connectivity index (χ0) is 24.8. The number of nitro groups is 1. The molecule has 1 aliphatic heterocycles. The minimum absolute atomic E-state index is 0.0232. The Balaban J connectivity index is 1.59. The van der Waals surface area contributed by atoms with E-state index in [4.69, 9.17) is 9.47 Å². The summed E-state index contributed by atoms with van der Waals surface area (Å²) in [4.78, 5) is 36.1. The number of benzene rings is 3. The highest BCUT2D eigenvalue weighted by Gasteiger charge is 2.17. The summed E-state index contributed by atoms with van der Waals surface area (Å²) in [6, 6.07) is 16.7. The molecule has 1 heterocycles. The first kappa shape index (κ1) is 23.0. The Morgan fingerprint density at radius 2 is 1.80 bits per heavy atom. The quantitative estimate of drug-likeness (QED) is 0.206. The standard InChI is InChI=1S/C24H18N4O7/c29-18-7-8-20(28(32)33)17(12-18)13-25-27-24(31)19(26-23(30)16-4-2-1-3-5-16)10-15-6-9-21-22(11-15)35-14-34-21/h1-13,29H,14H2,(H,26,30)(H,27,31). The number of nitro benzene ring substituents is 1. The van der Waals surface area contributed by atoms with Crippen LogP contribution in [0.15, 0.2) is 77.5 Å². The lowest BCUT2D eigenvalue weighted by Gasteiger charge is -2.09. The van der Waals surface area contributed by atoms with Crippen molar-refractivity contribution >= 4 is 29.8 Å². The zero-order valence-electron chi connectivity index (χ0n) is 18.0. The highest BCUT2D eigenvalue weighted by Crippen LogP contribution is 2.33. The van der Waals surface area contributed by atoms with Crippen LogP contribution in [0.1, 0.15) is 21.5 Å². The van der Waals surface area contributed by atoms with Gasteiger partial charge in [0.25, 0.3) is 17.5 Å². The van der Waals surface area contributed by atoms with Gasteiger partial charge in [-0.15, -0.1) is 0 Å². The summed E-state index contributed by atoms with van der Waals surface area (Å²) in [6.07, 6.45) is 2.44. The molecule has 0 unspecified atom stereocenters. The predicted molar refractivity (Wildman–Crippen MR) is 125 cm³/mol. The number of phenols is 1. The van der Waals surface area contributed by atoms with Crippen LogP contribution in [0.5, 0.6) is 17.2 Å². The number of rotatable bonds is 7. The summed E-state index contributed by atoms with van der Waals surface area (Å²) in [7, 11) is 0. The number of nitrogens with zero attached hydrogens (tertiary/aromatic N) is 2. The Hall–Kier alpha value is -5.19. The Bertz CT molecular complexity index is 1350. The molecule has 2 amide bonds. The van der Waals surface area contributed by atoms with E-state index in [1.165, 1.54) is 12.1 Å². The molecule has 0 fully saturated rings. The largest absolute Gasteiger partial charge is 0.508 e. The molecule has 35 heavy (non-hydrogen) atoms. The van der Waals surface area contributed by atoms with E-state index < -0.39 is 16.7 Å². The van der Waals surface area contributed by atoms with E-state index in [9.17, 15) is 24.8 Å². The Morgan fingerprint density at radius 3 is 2.57 bits per heavy atom. The summed E-state index contributed by atoms with van der Waals surface area (Å²) in [5.74, 6) is -0.478. The van der Waals surface area contributed by atoms with Crippen LogP contribution in [0.25, 0.3) is 6.08 Å². The van der Waals surface area contributed by atoms with Crippen molar-refractivity contribution in [3.63, 3.8) is 0 Å². The molecular weight excluding hydrogens is 456 g/mol. The zero-order valence-corrected chi connectivity index (χ0v) is 18.0. The SMILES string of the molecule is O=C(NN=Cc1cc(O)ccc1[N+](=O)[O-])C(=Cc1ccc2c(c1)OCO2)NC(=O)c1ccccc1. The van der Waals surface area contributed by atoms with Crippen molar-refractivity contribution in [3.05, 3.63) is 99.2 Å². The van der Waals surface area contributed by atoms with Crippen molar-refractivity contribution in [1.29, 1.82) is 0 Å². The molecule has 1 aliphatic rings. The third kappa shape index (κ3) is 5.60. The highest BCUT2D eigenvalue weighted by molar-refractivity contribution is 6.05. The first-order valence-corrected chi connectivity index (χ1v) is 10.2. The minimum atomic E-state index is -0.786. The van der Waals surface area contributed by atoms with Gasteiger partial charge in [-0.25, -0.2) is 5.43 Å². The van der Waals surface area contributed by atoms with Gasteiger partial charge >= 0.3 is 0 Å². The van der Waals surface area contributed by atoms with Gasteiger partial charge in [-0.2, -0.15) is 5.10 Å². The van der Waals surface area contributed by atoms with Crippen molar-refractivity contribution in [1.82, 2.24) is 10.7 Å². The second kappa shape index (κ2) is 10.2. The van der Waals surface area contributed by atoms with E-state index >= 15 is 0 Å². The van der Waals surface area contributed by atoms with Crippen LogP contribution < -0.4 is 20.2 Å². The van der Waals surface area contributed by atoms with E-state index in [2.05, 4.69) is 15.8 Å². The molecule has 11 heteroatoms. The van der Waals surface area contributed by atoms with Gasteiger partial charge in [0.1, 0.15) is 11.4 Å². The van der Waals surface area contributed by atoms with Crippen molar-refractivity contribution < 1.29 is 29.1 Å². The van der Waals surface area contributed by atoms with E-state index in [1.807, 2.05) is 0 Å². The lowest BCUT2D eigenvalue weighted by Crippen LogP contribution is -2.32. The Morgan fingerprint density at radius 1 is 1.03 bits per heavy atom.